The molecule has 3 N–H and O–H groups in total. The first-order valence-corrected chi connectivity index (χ1v) is 7.17. The van der Waals surface area contributed by atoms with E-state index in [1.807, 2.05) is 0 Å². The summed E-state index contributed by atoms with van der Waals surface area (Å²) in [5.41, 5.74) is 6.82. The van der Waals surface area contributed by atoms with E-state index in [0.29, 0.717) is 29.7 Å². The number of alkyl halides is 2. The smallest absolute Gasteiger partial charge is 0.387 e. The average Bonchev–Trinajstić information content (AvgIpc) is 3.34. The van der Waals surface area contributed by atoms with Crippen molar-refractivity contribution in [2.75, 3.05) is 17.7 Å². The van der Waals surface area contributed by atoms with Crippen molar-refractivity contribution in [3.8, 4) is 11.8 Å². The maximum Gasteiger partial charge on any atom is 0.387 e. The Morgan fingerprint density at radius 2 is 2.00 bits per heavy atom. The topological polar surface area (TPSA) is 82.3 Å². The van der Waals surface area contributed by atoms with Crippen molar-refractivity contribution in [2.24, 2.45) is 5.92 Å². The molecule has 0 aliphatic heterocycles. The molecule has 3 rings (SSSR count). The number of aromatic nitrogens is 2. The molecule has 122 valence electrons. The molecule has 0 spiro atoms. The van der Waals surface area contributed by atoms with Gasteiger partial charge in [-0.15, -0.1) is 0 Å². The van der Waals surface area contributed by atoms with Gasteiger partial charge in [-0.2, -0.15) is 13.8 Å². The number of nitrogens with two attached hydrogens (primary N) is 1. The zero-order valence-electron chi connectivity index (χ0n) is 12.2. The lowest BCUT2D eigenvalue weighted by Crippen LogP contribution is -2.06. The third-order valence-corrected chi connectivity index (χ3v) is 3.28. The Kier molecular flexibility index (Phi) is 4.40. The normalized spacial score (nSPS) is 13.9. The highest BCUT2D eigenvalue weighted by atomic mass is 19.3. The summed E-state index contributed by atoms with van der Waals surface area (Å²) in [6.07, 6.45) is 3.81. The van der Waals surface area contributed by atoms with Crippen LogP contribution in [0.4, 0.5) is 26.0 Å². The highest BCUT2D eigenvalue weighted by molar-refractivity contribution is 5.68. The first kappa shape index (κ1) is 15.3. The van der Waals surface area contributed by atoms with Crippen LogP contribution in [0.2, 0.25) is 0 Å². The van der Waals surface area contributed by atoms with Crippen LogP contribution < -0.4 is 20.5 Å². The molecule has 0 amide bonds. The van der Waals surface area contributed by atoms with E-state index in [1.165, 1.54) is 31.2 Å². The lowest BCUT2D eigenvalue weighted by atomic mass is 10.3. The fourth-order valence-electron chi connectivity index (χ4n) is 1.88. The Hall–Kier alpha value is -2.64. The van der Waals surface area contributed by atoms with Gasteiger partial charge < -0.3 is 20.5 Å². The van der Waals surface area contributed by atoms with Gasteiger partial charge in [-0.3, -0.25) is 0 Å². The van der Waals surface area contributed by atoms with E-state index in [2.05, 4.69) is 20.0 Å². The molecule has 1 aliphatic carbocycles. The van der Waals surface area contributed by atoms with Gasteiger partial charge in [0.15, 0.2) is 5.82 Å². The summed E-state index contributed by atoms with van der Waals surface area (Å²) in [6.45, 7) is -2.25. The van der Waals surface area contributed by atoms with Gasteiger partial charge in [0, 0.05) is 5.69 Å². The summed E-state index contributed by atoms with van der Waals surface area (Å²) in [7, 11) is 0. The maximum atomic E-state index is 12.1. The molecular formula is C15H16F2N4O2. The van der Waals surface area contributed by atoms with Crippen molar-refractivity contribution < 1.29 is 18.3 Å². The fourth-order valence-corrected chi connectivity index (χ4v) is 1.88. The molecule has 2 aromatic rings. The maximum absolute atomic E-state index is 12.1. The molecule has 1 saturated carbocycles. The minimum atomic E-state index is -2.85. The largest absolute Gasteiger partial charge is 0.463 e. The van der Waals surface area contributed by atoms with Gasteiger partial charge in [-0.05, 0) is 43.0 Å². The van der Waals surface area contributed by atoms with E-state index in [9.17, 15) is 8.78 Å². The van der Waals surface area contributed by atoms with Crippen LogP contribution in [0.15, 0.2) is 30.5 Å². The summed E-state index contributed by atoms with van der Waals surface area (Å²) in [5.74, 6) is 1.07. The van der Waals surface area contributed by atoms with E-state index < -0.39 is 6.61 Å². The highest BCUT2D eigenvalue weighted by Crippen LogP contribution is 2.29. The predicted octanol–water partition coefficient (Wildman–Crippen LogP) is 3.19. The van der Waals surface area contributed by atoms with E-state index in [4.69, 9.17) is 10.5 Å². The van der Waals surface area contributed by atoms with Crippen LogP contribution in [0.5, 0.6) is 11.8 Å². The van der Waals surface area contributed by atoms with Gasteiger partial charge in [-0.25, -0.2) is 4.98 Å². The summed E-state index contributed by atoms with van der Waals surface area (Å²) in [6, 6.07) is 6.28. The second-order valence-electron chi connectivity index (χ2n) is 5.24. The Morgan fingerprint density at radius 3 is 2.65 bits per heavy atom. The van der Waals surface area contributed by atoms with Crippen LogP contribution in [0.25, 0.3) is 0 Å². The monoisotopic (exact) mass is 322 g/mol. The number of benzene rings is 1. The minimum absolute atomic E-state index is 0.0784. The van der Waals surface area contributed by atoms with Crippen molar-refractivity contribution in [2.45, 2.75) is 19.5 Å². The van der Waals surface area contributed by atoms with Crippen LogP contribution in [-0.2, 0) is 0 Å². The van der Waals surface area contributed by atoms with Crippen molar-refractivity contribution >= 4 is 17.2 Å². The van der Waals surface area contributed by atoms with Crippen molar-refractivity contribution in [1.82, 2.24) is 9.97 Å². The number of anilines is 3. The lowest BCUT2D eigenvalue weighted by molar-refractivity contribution is -0.0498. The van der Waals surface area contributed by atoms with Gasteiger partial charge >= 0.3 is 12.6 Å². The van der Waals surface area contributed by atoms with Gasteiger partial charge in [0.05, 0.1) is 18.5 Å². The molecule has 6 nitrogen and oxygen atoms in total. The molecule has 1 aromatic carbocycles. The second-order valence-corrected chi connectivity index (χ2v) is 5.24. The zero-order chi connectivity index (χ0) is 16.2. The number of ether oxygens (including phenoxy) is 2. The van der Waals surface area contributed by atoms with E-state index in [-0.39, 0.29) is 11.8 Å². The lowest BCUT2D eigenvalue weighted by Gasteiger charge is -2.11. The van der Waals surface area contributed by atoms with Crippen LogP contribution >= 0.6 is 0 Å². The quantitative estimate of drug-likeness (QED) is 0.814. The molecule has 0 bridgehead atoms. The standard InChI is InChI=1S/C15H16F2N4O2/c16-14(17)23-11-5-3-10(4-6-11)20-13-12(18)7-19-15(21-13)22-8-9-1-2-9/h3-7,9,14H,1-2,8,18H2,(H,19,20,21). The Bertz CT molecular complexity index is 663. The Balaban J connectivity index is 1.66. The van der Waals surface area contributed by atoms with Gasteiger partial charge in [0.2, 0.25) is 0 Å². The third kappa shape index (κ3) is 4.41. The van der Waals surface area contributed by atoms with E-state index in [1.54, 1.807) is 12.1 Å². The molecule has 23 heavy (non-hydrogen) atoms. The number of halogens is 2. The van der Waals surface area contributed by atoms with Crippen molar-refractivity contribution in [1.29, 1.82) is 0 Å². The first-order chi connectivity index (χ1) is 11.1. The number of nitrogens with zero attached hydrogens (tertiary/aromatic N) is 2. The molecule has 1 aromatic heterocycles. The van der Waals surface area contributed by atoms with E-state index >= 15 is 0 Å². The molecular weight excluding hydrogens is 306 g/mol. The summed E-state index contributed by atoms with van der Waals surface area (Å²) in [5, 5.41) is 3.00. The third-order valence-electron chi connectivity index (χ3n) is 3.28. The number of hydrogen-bond donors (Lipinski definition) is 2. The SMILES string of the molecule is Nc1cnc(OCC2CC2)nc1Nc1ccc(OC(F)F)cc1. The second kappa shape index (κ2) is 6.64. The first-order valence-electron chi connectivity index (χ1n) is 7.17. The summed E-state index contributed by atoms with van der Waals surface area (Å²) in [4.78, 5) is 8.24. The molecule has 8 heteroatoms. The Labute approximate surface area is 131 Å². The zero-order valence-corrected chi connectivity index (χ0v) is 12.2. The summed E-state index contributed by atoms with van der Waals surface area (Å²) >= 11 is 0. The molecule has 0 radical (unpaired) electrons. The number of rotatable bonds is 7. The molecule has 1 fully saturated rings. The van der Waals surface area contributed by atoms with Crippen molar-refractivity contribution in [3.63, 3.8) is 0 Å². The van der Waals surface area contributed by atoms with Gasteiger partial charge in [-0.1, -0.05) is 0 Å². The highest BCUT2D eigenvalue weighted by Gasteiger charge is 2.22. The van der Waals surface area contributed by atoms with Crippen LogP contribution in [0.3, 0.4) is 0 Å². The average molecular weight is 322 g/mol. The van der Waals surface area contributed by atoms with Gasteiger partial charge in [0.25, 0.3) is 0 Å². The number of nitrogen functional groups attached to an aromatic ring is 1. The fraction of sp³-hybridized carbons (Fsp3) is 0.333. The molecule has 1 aliphatic rings. The summed E-state index contributed by atoms with van der Waals surface area (Å²) < 4.78 is 34.0. The predicted molar refractivity (Wildman–Crippen MR) is 81.0 cm³/mol. The van der Waals surface area contributed by atoms with Gasteiger partial charge in [0.1, 0.15) is 5.75 Å². The minimum Gasteiger partial charge on any atom is -0.463 e. The van der Waals surface area contributed by atoms with Crippen LogP contribution in [0, 0.1) is 5.92 Å². The van der Waals surface area contributed by atoms with E-state index in [0.717, 1.165) is 0 Å². The number of hydrogen-bond acceptors (Lipinski definition) is 6. The molecule has 0 saturated heterocycles. The molecule has 0 unspecified atom stereocenters. The van der Waals surface area contributed by atoms with Crippen molar-refractivity contribution in [3.05, 3.63) is 30.5 Å². The molecule has 1 heterocycles. The molecule has 0 atom stereocenters. The number of nitrogens with one attached hydrogen (secondary N) is 1. The van der Waals surface area contributed by atoms with Crippen LogP contribution in [-0.4, -0.2) is 23.2 Å². The Morgan fingerprint density at radius 1 is 1.26 bits per heavy atom. The van der Waals surface area contributed by atoms with Crippen LogP contribution in [0.1, 0.15) is 12.8 Å².